The van der Waals surface area contributed by atoms with Crippen molar-refractivity contribution in [1.29, 1.82) is 0 Å². The molecule has 1 fully saturated rings. The van der Waals surface area contributed by atoms with Gasteiger partial charge in [-0.2, -0.15) is 0 Å². The molecular formula is C10H15N3O6P+. The summed E-state index contributed by atoms with van der Waals surface area (Å²) >= 11 is 0. The second-order valence-corrected chi connectivity index (χ2v) is 5.44. The second-order valence-electron chi connectivity index (χ2n) is 4.53. The van der Waals surface area contributed by atoms with Crippen molar-refractivity contribution in [3.05, 3.63) is 33.1 Å². The van der Waals surface area contributed by atoms with Crippen molar-refractivity contribution < 1.29 is 18.3 Å². The molecule has 1 saturated heterocycles. The maximum absolute atomic E-state index is 11.8. The molecule has 1 aromatic rings. The van der Waals surface area contributed by atoms with E-state index in [9.17, 15) is 14.2 Å². The quantitative estimate of drug-likeness (QED) is 0.704. The van der Waals surface area contributed by atoms with E-state index in [0.29, 0.717) is 0 Å². The Labute approximate surface area is 114 Å². The van der Waals surface area contributed by atoms with Crippen LogP contribution in [0, 0.1) is 0 Å². The first-order chi connectivity index (χ1) is 9.36. The van der Waals surface area contributed by atoms with Gasteiger partial charge in [0.25, 0.3) is 5.56 Å². The number of aromatic nitrogens is 2. The summed E-state index contributed by atoms with van der Waals surface area (Å²) in [5.74, 6) is 0. The summed E-state index contributed by atoms with van der Waals surface area (Å²) in [7, 11) is -0.906. The minimum atomic E-state index is -2.33. The van der Waals surface area contributed by atoms with E-state index in [-0.39, 0.29) is 6.61 Å². The molecule has 0 aromatic carbocycles. The predicted molar refractivity (Wildman–Crippen MR) is 68.4 cm³/mol. The summed E-state index contributed by atoms with van der Waals surface area (Å²) in [6, 6.07) is 1.16. The van der Waals surface area contributed by atoms with Crippen LogP contribution in [0.1, 0.15) is 6.92 Å². The molecule has 1 unspecified atom stereocenters. The molecule has 0 aliphatic carbocycles. The molecule has 20 heavy (non-hydrogen) atoms. The third-order valence-electron chi connectivity index (χ3n) is 3.10. The lowest BCUT2D eigenvalue weighted by Gasteiger charge is -2.36. The number of nitrogens with one attached hydrogen (secondary N) is 1. The van der Waals surface area contributed by atoms with Crippen LogP contribution >= 0.6 is 8.25 Å². The van der Waals surface area contributed by atoms with E-state index in [1.165, 1.54) is 20.2 Å². The number of hydrogen-bond acceptors (Lipinski definition) is 7. The molecular weight excluding hydrogens is 289 g/mol. The van der Waals surface area contributed by atoms with E-state index in [1.807, 2.05) is 0 Å². The molecule has 1 aliphatic rings. The van der Waals surface area contributed by atoms with Crippen molar-refractivity contribution in [2.45, 2.75) is 24.8 Å². The van der Waals surface area contributed by atoms with E-state index >= 15 is 0 Å². The van der Waals surface area contributed by atoms with Crippen molar-refractivity contribution in [3.8, 4) is 0 Å². The van der Waals surface area contributed by atoms with E-state index in [4.69, 9.17) is 19.5 Å². The summed E-state index contributed by atoms with van der Waals surface area (Å²) in [4.78, 5) is 25.0. The fourth-order valence-corrected chi connectivity index (χ4v) is 2.89. The lowest BCUT2D eigenvalue weighted by atomic mass is 10.0. The smallest absolute Gasteiger partial charge is 0.376 e. The average molecular weight is 304 g/mol. The number of aromatic amines is 1. The summed E-state index contributed by atoms with van der Waals surface area (Å²) < 4.78 is 27.7. The topological polar surface area (TPSA) is 126 Å². The van der Waals surface area contributed by atoms with Crippen molar-refractivity contribution >= 4 is 8.25 Å². The zero-order chi connectivity index (χ0) is 14.9. The highest BCUT2D eigenvalue weighted by Gasteiger charge is 2.51. The van der Waals surface area contributed by atoms with Crippen LogP contribution in [-0.2, 0) is 24.0 Å². The normalized spacial score (nSPS) is 28.1. The fraction of sp³-hybridized carbons (Fsp3) is 0.600. The Morgan fingerprint density at radius 1 is 1.60 bits per heavy atom. The zero-order valence-corrected chi connectivity index (χ0v) is 11.8. The maximum atomic E-state index is 11.8. The highest BCUT2D eigenvalue weighted by molar-refractivity contribution is 7.33. The molecule has 1 aliphatic heterocycles. The molecule has 0 saturated carbocycles. The van der Waals surface area contributed by atoms with Crippen LogP contribution in [0.15, 0.2) is 21.9 Å². The second kappa shape index (κ2) is 5.55. The van der Waals surface area contributed by atoms with Gasteiger partial charge < -0.3 is 10.5 Å². The van der Waals surface area contributed by atoms with Crippen molar-refractivity contribution in [3.63, 3.8) is 0 Å². The Balaban J connectivity index is 2.43. The van der Waals surface area contributed by atoms with Crippen LogP contribution < -0.4 is 17.0 Å². The molecule has 3 N–H and O–H groups in total. The Morgan fingerprint density at radius 3 is 2.90 bits per heavy atom. The molecule has 10 heteroatoms. The number of rotatable bonds is 3. The molecule has 9 nitrogen and oxygen atoms in total. The molecule has 0 bridgehead atoms. The van der Waals surface area contributed by atoms with Gasteiger partial charge in [-0.3, -0.25) is 14.3 Å². The highest BCUT2D eigenvalue weighted by atomic mass is 31.1. The first kappa shape index (κ1) is 15.0. The van der Waals surface area contributed by atoms with Crippen LogP contribution in [0.5, 0.6) is 0 Å². The van der Waals surface area contributed by atoms with Gasteiger partial charge in [-0.15, -0.1) is 9.05 Å². The third kappa shape index (κ3) is 2.72. The molecule has 110 valence electrons. The SMILES string of the molecule is CO[C@@H]1CO[P+](=O)O[C@H]1[C@@](C)(N)n1ccc(=O)[nH]c1=O. The number of methoxy groups -OCH3 is 1. The van der Waals surface area contributed by atoms with Gasteiger partial charge in [-0.1, -0.05) is 0 Å². The fourth-order valence-electron chi connectivity index (χ4n) is 2.02. The average Bonchev–Trinajstić information content (AvgIpc) is 2.38. The predicted octanol–water partition coefficient (Wildman–Crippen LogP) is -0.744. The maximum Gasteiger partial charge on any atom is 0.698 e. The Hall–Kier alpha value is -1.38. The zero-order valence-electron chi connectivity index (χ0n) is 10.9. The monoisotopic (exact) mass is 304 g/mol. The number of nitrogens with zero attached hydrogens (tertiary/aromatic N) is 1. The first-order valence-corrected chi connectivity index (χ1v) is 6.87. The van der Waals surface area contributed by atoms with Crippen LogP contribution in [0.4, 0.5) is 0 Å². The number of H-pyrrole nitrogens is 1. The van der Waals surface area contributed by atoms with Crippen LogP contribution in [0.25, 0.3) is 0 Å². The summed E-state index contributed by atoms with van der Waals surface area (Å²) in [5, 5.41) is 0. The number of nitrogens with two attached hydrogens (primary N) is 1. The Morgan fingerprint density at radius 2 is 2.30 bits per heavy atom. The minimum Gasteiger partial charge on any atom is -0.376 e. The van der Waals surface area contributed by atoms with Crippen LogP contribution in [-0.4, -0.2) is 35.5 Å². The summed E-state index contributed by atoms with van der Waals surface area (Å²) in [6.45, 7) is 1.54. The summed E-state index contributed by atoms with van der Waals surface area (Å²) in [5.41, 5.74) is 3.54. The number of ether oxygens (including phenoxy) is 1. The molecule has 0 radical (unpaired) electrons. The van der Waals surface area contributed by atoms with Gasteiger partial charge in [0.05, 0.1) is 0 Å². The molecule has 4 atom stereocenters. The van der Waals surface area contributed by atoms with Crippen LogP contribution in [0.2, 0.25) is 0 Å². The van der Waals surface area contributed by atoms with Crippen molar-refractivity contribution in [2.24, 2.45) is 5.73 Å². The minimum absolute atomic E-state index is 0.0290. The van der Waals surface area contributed by atoms with Gasteiger partial charge in [-0.05, 0) is 6.92 Å². The highest BCUT2D eigenvalue weighted by Crippen LogP contribution is 2.37. The van der Waals surface area contributed by atoms with E-state index in [0.717, 1.165) is 10.6 Å². The standard InChI is InChI=1S/C10H14N3O6P/c1-10(11,13-4-3-7(14)12-9(13)15)8-6(17-2)5-18-20(16)19-8/h3-4,6,8H,5,11H2,1-2H3/p+1/t6-,8-,10+/m1/s1. The van der Waals surface area contributed by atoms with E-state index in [1.54, 1.807) is 0 Å². The Bertz CT molecular complexity index is 624. The summed E-state index contributed by atoms with van der Waals surface area (Å²) in [6.07, 6.45) is -0.232. The van der Waals surface area contributed by atoms with Gasteiger partial charge in [0.15, 0.2) is 6.10 Å². The van der Waals surface area contributed by atoms with Gasteiger partial charge in [0, 0.05) is 23.9 Å². The third-order valence-corrected chi connectivity index (χ3v) is 3.86. The number of hydrogen-bond donors (Lipinski definition) is 2. The molecule has 0 spiro atoms. The van der Waals surface area contributed by atoms with Gasteiger partial charge in [0.2, 0.25) is 0 Å². The van der Waals surface area contributed by atoms with Crippen LogP contribution in [0.3, 0.4) is 0 Å². The molecule has 2 heterocycles. The molecule has 1 aromatic heterocycles. The van der Waals surface area contributed by atoms with Crippen molar-refractivity contribution in [1.82, 2.24) is 9.55 Å². The van der Waals surface area contributed by atoms with E-state index < -0.39 is 37.4 Å². The van der Waals surface area contributed by atoms with Crippen molar-refractivity contribution in [2.75, 3.05) is 13.7 Å². The largest absolute Gasteiger partial charge is 0.698 e. The molecule has 0 amide bonds. The lowest BCUT2D eigenvalue weighted by molar-refractivity contribution is -0.0987. The molecule has 2 rings (SSSR count). The first-order valence-electron chi connectivity index (χ1n) is 5.77. The van der Waals surface area contributed by atoms with Gasteiger partial charge in [0.1, 0.15) is 18.4 Å². The Kier molecular flexibility index (Phi) is 4.17. The van der Waals surface area contributed by atoms with E-state index in [2.05, 4.69) is 4.98 Å². The van der Waals surface area contributed by atoms with Gasteiger partial charge >= 0.3 is 13.9 Å². The van der Waals surface area contributed by atoms with Gasteiger partial charge in [-0.25, -0.2) is 4.79 Å². The lowest BCUT2D eigenvalue weighted by Crippen LogP contribution is -2.61.